The Morgan fingerprint density at radius 3 is 2.60 bits per heavy atom. The van der Waals surface area contributed by atoms with Crippen LogP contribution in [0.4, 0.5) is 0 Å². The predicted octanol–water partition coefficient (Wildman–Crippen LogP) is 2.81. The predicted molar refractivity (Wildman–Crippen MR) is 65.9 cm³/mol. The Morgan fingerprint density at radius 1 is 1.40 bits per heavy atom. The van der Waals surface area contributed by atoms with Gasteiger partial charge in [-0.25, -0.2) is 0 Å². The Kier molecular flexibility index (Phi) is 4.45. The SMILES string of the molecule is CSC(N)=NC(=O)c1ccc(Cl)c(Cl)c1. The number of nitrogens with zero attached hydrogens (tertiary/aromatic N) is 1. The number of hydrogen-bond donors (Lipinski definition) is 1. The van der Waals surface area contributed by atoms with E-state index in [9.17, 15) is 4.79 Å². The number of carbonyl (C=O) groups excluding carboxylic acids is 1. The van der Waals surface area contributed by atoms with Gasteiger partial charge in [0, 0.05) is 5.56 Å². The van der Waals surface area contributed by atoms with Gasteiger partial charge in [-0.3, -0.25) is 4.79 Å². The molecule has 0 aliphatic heterocycles. The number of amidine groups is 1. The van der Waals surface area contributed by atoms with Crippen LogP contribution in [0, 0.1) is 0 Å². The first-order valence-corrected chi connectivity index (χ1v) is 5.90. The summed E-state index contributed by atoms with van der Waals surface area (Å²) in [6.07, 6.45) is 1.74. The van der Waals surface area contributed by atoms with Crippen LogP contribution >= 0.6 is 35.0 Å². The molecule has 2 N–H and O–H groups in total. The van der Waals surface area contributed by atoms with Crippen LogP contribution in [0.15, 0.2) is 23.2 Å². The topological polar surface area (TPSA) is 55.4 Å². The second-order valence-corrected chi connectivity index (χ2v) is 4.23. The standard InChI is InChI=1S/C9H8Cl2N2OS/c1-15-9(12)13-8(14)5-2-3-6(10)7(11)4-5/h2-4H,1H3,(H2,12,13,14). The smallest absolute Gasteiger partial charge is 0.279 e. The molecule has 0 saturated heterocycles. The third kappa shape index (κ3) is 3.41. The average molecular weight is 263 g/mol. The Balaban J connectivity index is 2.97. The molecule has 0 saturated carbocycles. The Morgan fingerprint density at radius 2 is 2.07 bits per heavy atom. The number of rotatable bonds is 1. The summed E-state index contributed by atoms with van der Waals surface area (Å²) in [5.74, 6) is -0.430. The molecule has 0 heterocycles. The zero-order valence-electron chi connectivity index (χ0n) is 7.83. The Hall–Kier alpha value is -0.710. The van der Waals surface area contributed by atoms with E-state index in [0.717, 1.165) is 0 Å². The van der Waals surface area contributed by atoms with Crippen molar-refractivity contribution in [1.82, 2.24) is 0 Å². The van der Waals surface area contributed by atoms with Crippen molar-refractivity contribution in [1.29, 1.82) is 0 Å². The molecule has 0 aliphatic carbocycles. The lowest BCUT2D eigenvalue weighted by atomic mass is 10.2. The van der Waals surface area contributed by atoms with Crippen molar-refractivity contribution in [3.63, 3.8) is 0 Å². The fourth-order valence-corrected chi connectivity index (χ4v) is 1.31. The Labute approximate surface area is 102 Å². The highest BCUT2D eigenvalue weighted by Crippen LogP contribution is 2.22. The lowest BCUT2D eigenvalue weighted by Crippen LogP contribution is -2.09. The number of benzene rings is 1. The molecule has 1 aromatic rings. The van der Waals surface area contributed by atoms with Gasteiger partial charge in [0.15, 0.2) is 5.17 Å². The van der Waals surface area contributed by atoms with E-state index in [4.69, 9.17) is 28.9 Å². The second-order valence-electron chi connectivity index (χ2n) is 2.59. The summed E-state index contributed by atoms with van der Waals surface area (Å²) in [6, 6.07) is 4.55. The zero-order valence-corrected chi connectivity index (χ0v) is 10.2. The van der Waals surface area contributed by atoms with Crippen LogP contribution in [0.1, 0.15) is 10.4 Å². The van der Waals surface area contributed by atoms with E-state index in [0.29, 0.717) is 15.6 Å². The molecule has 1 amide bonds. The van der Waals surface area contributed by atoms with Crippen LogP contribution < -0.4 is 5.73 Å². The molecule has 15 heavy (non-hydrogen) atoms. The van der Waals surface area contributed by atoms with Crippen molar-refractivity contribution in [3.05, 3.63) is 33.8 Å². The molecular formula is C9H8Cl2N2OS. The molecule has 0 spiro atoms. The lowest BCUT2D eigenvalue weighted by Gasteiger charge is -1.99. The number of nitrogens with two attached hydrogens (primary N) is 1. The molecule has 0 radical (unpaired) electrons. The minimum Gasteiger partial charge on any atom is -0.378 e. The second kappa shape index (κ2) is 5.39. The van der Waals surface area contributed by atoms with Gasteiger partial charge in [-0.05, 0) is 24.5 Å². The molecule has 0 aromatic heterocycles. The maximum absolute atomic E-state index is 11.5. The van der Waals surface area contributed by atoms with Gasteiger partial charge in [-0.2, -0.15) is 4.99 Å². The van der Waals surface area contributed by atoms with E-state index in [1.807, 2.05) is 0 Å². The number of amides is 1. The number of halogens is 2. The summed E-state index contributed by atoms with van der Waals surface area (Å²) >= 11 is 12.7. The molecule has 1 rings (SSSR count). The molecule has 0 bridgehead atoms. The number of aliphatic imine (C=N–C) groups is 1. The summed E-state index contributed by atoms with van der Waals surface area (Å²) in [4.78, 5) is 15.1. The van der Waals surface area contributed by atoms with Crippen molar-refractivity contribution < 1.29 is 4.79 Å². The van der Waals surface area contributed by atoms with E-state index in [1.54, 1.807) is 18.4 Å². The van der Waals surface area contributed by atoms with Gasteiger partial charge in [0.2, 0.25) is 0 Å². The van der Waals surface area contributed by atoms with Gasteiger partial charge in [0.1, 0.15) is 0 Å². The zero-order chi connectivity index (χ0) is 11.4. The third-order valence-corrected chi connectivity index (χ3v) is 2.84. The van der Waals surface area contributed by atoms with Crippen molar-refractivity contribution >= 4 is 46.0 Å². The maximum Gasteiger partial charge on any atom is 0.279 e. The third-order valence-electron chi connectivity index (χ3n) is 1.59. The molecule has 80 valence electrons. The van der Waals surface area contributed by atoms with E-state index < -0.39 is 5.91 Å². The van der Waals surface area contributed by atoms with Crippen molar-refractivity contribution in [2.75, 3.05) is 6.26 Å². The Bertz CT molecular complexity index is 421. The minimum atomic E-state index is -0.430. The quantitative estimate of drug-likeness (QED) is 0.626. The van der Waals surface area contributed by atoms with Crippen LogP contribution in [-0.4, -0.2) is 17.3 Å². The molecule has 0 fully saturated rings. The highest BCUT2D eigenvalue weighted by molar-refractivity contribution is 8.13. The van der Waals surface area contributed by atoms with Gasteiger partial charge < -0.3 is 5.73 Å². The van der Waals surface area contributed by atoms with Gasteiger partial charge in [-0.15, -0.1) is 0 Å². The number of hydrogen-bond acceptors (Lipinski definition) is 2. The van der Waals surface area contributed by atoms with E-state index in [1.165, 1.54) is 17.8 Å². The molecule has 1 aromatic carbocycles. The summed E-state index contributed by atoms with van der Waals surface area (Å²) in [5, 5.41) is 0.932. The van der Waals surface area contributed by atoms with E-state index in [-0.39, 0.29) is 5.17 Å². The maximum atomic E-state index is 11.5. The summed E-state index contributed by atoms with van der Waals surface area (Å²) in [5.41, 5.74) is 5.77. The van der Waals surface area contributed by atoms with Crippen LogP contribution in [-0.2, 0) is 0 Å². The molecule has 0 atom stereocenters. The van der Waals surface area contributed by atoms with Gasteiger partial charge in [-0.1, -0.05) is 35.0 Å². The highest BCUT2D eigenvalue weighted by Gasteiger charge is 2.07. The van der Waals surface area contributed by atoms with Crippen molar-refractivity contribution in [2.45, 2.75) is 0 Å². The highest BCUT2D eigenvalue weighted by atomic mass is 35.5. The average Bonchev–Trinajstić information content (AvgIpc) is 2.21. The van der Waals surface area contributed by atoms with Gasteiger partial charge >= 0.3 is 0 Å². The van der Waals surface area contributed by atoms with Crippen molar-refractivity contribution in [3.8, 4) is 0 Å². The van der Waals surface area contributed by atoms with E-state index >= 15 is 0 Å². The molecule has 0 aliphatic rings. The molecule has 3 nitrogen and oxygen atoms in total. The largest absolute Gasteiger partial charge is 0.378 e. The number of carbonyl (C=O) groups is 1. The van der Waals surface area contributed by atoms with Gasteiger partial charge in [0.05, 0.1) is 10.0 Å². The summed E-state index contributed by atoms with van der Waals surface area (Å²) < 4.78 is 0. The van der Waals surface area contributed by atoms with Crippen LogP contribution in [0.3, 0.4) is 0 Å². The fourth-order valence-electron chi connectivity index (χ4n) is 0.839. The first-order valence-electron chi connectivity index (χ1n) is 3.92. The van der Waals surface area contributed by atoms with Crippen LogP contribution in [0.2, 0.25) is 10.0 Å². The minimum absolute atomic E-state index is 0.214. The molecular weight excluding hydrogens is 255 g/mol. The lowest BCUT2D eigenvalue weighted by molar-refractivity contribution is 0.100. The molecule has 0 unspecified atom stereocenters. The normalized spacial score (nSPS) is 11.5. The molecule has 6 heteroatoms. The first-order chi connectivity index (χ1) is 7.04. The van der Waals surface area contributed by atoms with Crippen molar-refractivity contribution in [2.24, 2.45) is 10.7 Å². The first kappa shape index (κ1) is 12.4. The van der Waals surface area contributed by atoms with E-state index in [2.05, 4.69) is 4.99 Å². The van der Waals surface area contributed by atoms with Crippen LogP contribution in [0.5, 0.6) is 0 Å². The fraction of sp³-hybridized carbons (Fsp3) is 0.111. The van der Waals surface area contributed by atoms with Gasteiger partial charge in [0.25, 0.3) is 5.91 Å². The van der Waals surface area contributed by atoms with Crippen LogP contribution in [0.25, 0.3) is 0 Å². The summed E-state index contributed by atoms with van der Waals surface area (Å²) in [6.45, 7) is 0. The monoisotopic (exact) mass is 262 g/mol. The number of thioether (sulfide) groups is 1. The summed E-state index contributed by atoms with van der Waals surface area (Å²) in [7, 11) is 0.